The second-order valence-corrected chi connectivity index (χ2v) is 4.74. The van der Waals surface area contributed by atoms with Gasteiger partial charge in [0.05, 0.1) is 19.3 Å². The Labute approximate surface area is 127 Å². The predicted molar refractivity (Wildman–Crippen MR) is 83.8 cm³/mol. The molecule has 1 aromatic carbocycles. The van der Waals surface area contributed by atoms with Crippen molar-refractivity contribution in [1.82, 2.24) is 14.5 Å². The first-order valence-corrected chi connectivity index (χ1v) is 6.88. The Morgan fingerprint density at radius 1 is 1.00 bits per heavy atom. The van der Waals surface area contributed by atoms with Crippen molar-refractivity contribution >= 4 is 0 Å². The van der Waals surface area contributed by atoms with Crippen molar-refractivity contribution < 1.29 is 4.74 Å². The molecule has 5 heteroatoms. The highest BCUT2D eigenvalue weighted by atomic mass is 16.5. The van der Waals surface area contributed by atoms with Crippen LogP contribution in [0.25, 0.3) is 11.4 Å². The summed E-state index contributed by atoms with van der Waals surface area (Å²) in [6, 6.07) is 14.5. The molecule has 0 aliphatic rings. The lowest BCUT2D eigenvalue weighted by Crippen LogP contribution is -2.22. The maximum atomic E-state index is 12.2. The van der Waals surface area contributed by atoms with Gasteiger partial charge in [-0.05, 0) is 36.4 Å². The number of aromatic nitrogens is 3. The van der Waals surface area contributed by atoms with Crippen LogP contribution in [-0.4, -0.2) is 21.6 Å². The van der Waals surface area contributed by atoms with Crippen LogP contribution in [0.2, 0.25) is 0 Å². The predicted octanol–water partition coefficient (Wildman–Crippen LogP) is 2.36. The number of hydrogen-bond donors (Lipinski definition) is 0. The summed E-state index contributed by atoms with van der Waals surface area (Å²) in [4.78, 5) is 20.8. The van der Waals surface area contributed by atoms with Crippen molar-refractivity contribution in [2.45, 2.75) is 6.54 Å². The number of nitrogens with zero attached hydrogens (tertiary/aromatic N) is 3. The highest BCUT2D eigenvalue weighted by Gasteiger charge is 2.09. The van der Waals surface area contributed by atoms with Gasteiger partial charge in [0, 0.05) is 24.0 Å². The number of pyridine rings is 1. The lowest BCUT2D eigenvalue weighted by atomic mass is 10.2. The van der Waals surface area contributed by atoms with Crippen molar-refractivity contribution in [3.05, 3.63) is 77.0 Å². The number of ether oxygens (including phenoxy) is 1. The fourth-order valence-corrected chi connectivity index (χ4v) is 2.21. The molecule has 0 saturated carbocycles. The molecule has 0 bridgehead atoms. The van der Waals surface area contributed by atoms with E-state index in [0.29, 0.717) is 12.4 Å². The molecule has 0 fully saturated rings. The molecule has 0 amide bonds. The quantitative estimate of drug-likeness (QED) is 0.741. The Kier molecular flexibility index (Phi) is 3.96. The number of rotatable bonds is 4. The van der Waals surface area contributed by atoms with E-state index in [2.05, 4.69) is 9.97 Å². The molecule has 0 unspecified atom stereocenters. The molecule has 3 rings (SSSR count). The molecule has 22 heavy (non-hydrogen) atoms. The first-order valence-electron chi connectivity index (χ1n) is 6.88. The zero-order valence-corrected chi connectivity index (χ0v) is 12.1. The zero-order valence-electron chi connectivity index (χ0n) is 12.1. The van der Waals surface area contributed by atoms with Gasteiger partial charge in [0.15, 0.2) is 0 Å². The minimum Gasteiger partial charge on any atom is -0.497 e. The molecule has 0 saturated heterocycles. The van der Waals surface area contributed by atoms with Crippen LogP contribution in [0, 0.1) is 0 Å². The third kappa shape index (κ3) is 2.88. The Morgan fingerprint density at radius 2 is 1.82 bits per heavy atom. The molecule has 110 valence electrons. The molecular formula is C17H15N3O2. The Balaban J connectivity index is 2.04. The number of benzene rings is 1. The summed E-state index contributed by atoms with van der Waals surface area (Å²) >= 11 is 0. The standard InChI is InChI=1S/C17H15N3O2/c1-22-15-7-5-13(6-8-15)17-19-11-9-16(21)20(17)12-14-4-2-3-10-18-14/h2-11H,12H2,1H3. The van der Waals surface area contributed by atoms with E-state index in [4.69, 9.17) is 4.74 Å². The van der Waals surface area contributed by atoms with E-state index in [1.807, 2.05) is 42.5 Å². The van der Waals surface area contributed by atoms with Crippen LogP contribution in [0.15, 0.2) is 65.7 Å². The van der Waals surface area contributed by atoms with Crippen LogP contribution in [0.5, 0.6) is 5.75 Å². The molecule has 0 atom stereocenters. The third-order valence-corrected chi connectivity index (χ3v) is 3.33. The van der Waals surface area contributed by atoms with Gasteiger partial charge in [-0.3, -0.25) is 14.3 Å². The van der Waals surface area contributed by atoms with Crippen LogP contribution >= 0.6 is 0 Å². The molecule has 2 aromatic heterocycles. The van der Waals surface area contributed by atoms with Gasteiger partial charge in [-0.1, -0.05) is 6.07 Å². The van der Waals surface area contributed by atoms with Crippen molar-refractivity contribution in [1.29, 1.82) is 0 Å². The third-order valence-electron chi connectivity index (χ3n) is 3.33. The van der Waals surface area contributed by atoms with Gasteiger partial charge in [0.2, 0.25) is 0 Å². The summed E-state index contributed by atoms with van der Waals surface area (Å²) in [6.45, 7) is 0.384. The highest BCUT2D eigenvalue weighted by molar-refractivity contribution is 5.56. The average molecular weight is 293 g/mol. The van der Waals surface area contributed by atoms with Crippen LogP contribution in [0.4, 0.5) is 0 Å². The average Bonchev–Trinajstić information content (AvgIpc) is 2.58. The fourth-order valence-electron chi connectivity index (χ4n) is 2.21. The lowest BCUT2D eigenvalue weighted by Gasteiger charge is -2.11. The first-order chi connectivity index (χ1) is 10.8. The normalized spacial score (nSPS) is 10.4. The Bertz CT molecular complexity index is 811. The first kappa shape index (κ1) is 14.0. The van der Waals surface area contributed by atoms with Gasteiger partial charge in [-0.2, -0.15) is 0 Å². The molecular weight excluding hydrogens is 278 g/mol. The lowest BCUT2D eigenvalue weighted by molar-refractivity contribution is 0.415. The Hall–Kier alpha value is -2.95. The van der Waals surface area contributed by atoms with Crippen molar-refractivity contribution in [2.75, 3.05) is 7.11 Å². The topological polar surface area (TPSA) is 57.0 Å². The van der Waals surface area contributed by atoms with E-state index >= 15 is 0 Å². The van der Waals surface area contributed by atoms with E-state index in [9.17, 15) is 4.79 Å². The SMILES string of the molecule is COc1ccc(-c2nccc(=O)n2Cc2ccccn2)cc1. The summed E-state index contributed by atoms with van der Waals surface area (Å²) in [5.41, 5.74) is 1.56. The molecule has 0 aliphatic carbocycles. The van der Waals surface area contributed by atoms with E-state index in [1.54, 1.807) is 17.9 Å². The Morgan fingerprint density at radius 3 is 2.50 bits per heavy atom. The van der Waals surface area contributed by atoms with Crippen LogP contribution < -0.4 is 10.3 Å². The van der Waals surface area contributed by atoms with E-state index < -0.39 is 0 Å². The molecule has 0 spiro atoms. The van der Waals surface area contributed by atoms with Gasteiger partial charge in [-0.15, -0.1) is 0 Å². The smallest absolute Gasteiger partial charge is 0.254 e. The summed E-state index contributed by atoms with van der Waals surface area (Å²) in [5, 5.41) is 0. The molecule has 0 N–H and O–H groups in total. The highest BCUT2D eigenvalue weighted by Crippen LogP contribution is 2.20. The zero-order chi connectivity index (χ0) is 15.4. The fraction of sp³-hybridized carbons (Fsp3) is 0.118. The minimum atomic E-state index is -0.105. The molecule has 0 radical (unpaired) electrons. The largest absolute Gasteiger partial charge is 0.497 e. The van der Waals surface area contributed by atoms with Gasteiger partial charge in [0.1, 0.15) is 11.6 Å². The van der Waals surface area contributed by atoms with Gasteiger partial charge in [-0.25, -0.2) is 4.98 Å². The molecule has 2 heterocycles. The van der Waals surface area contributed by atoms with E-state index in [1.165, 1.54) is 12.3 Å². The summed E-state index contributed by atoms with van der Waals surface area (Å²) in [5.74, 6) is 1.37. The van der Waals surface area contributed by atoms with E-state index in [-0.39, 0.29) is 5.56 Å². The second kappa shape index (κ2) is 6.22. The van der Waals surface area contributed by atoms with Crippen molar-refractivity contribution in [3.8, 4) is 17.1 Å². The number of methoxy groups -OCH3 is 1. The maximum Gasteiger partial charge on any atom is 0.254 e. The van der Waals surface area contributed by atoms with Crippen LogP contribution in [-0.2, 0) is 6.54 Å². The number of hydrogen-bond acceptors (Lipinski definition) is 4. The summed E-state index contributed by atoms with van der Waals surface area (Å²) in [7, 11) is 1.62. The monoisotopic (exact) mass is 293 g/mol. The van der Waals surface area contributed by atoms with Crippen LogP contribution in [0.3, 0.4) is 0 Å². The van der Waals surface area contributed by atoms with Crippen LogP contribution in [0.1, 0.15) is 5.69 Å². The summed E-state index contributed by atoms with van der Waals surface area (Å²) < 4.78 is 6.77. The van der Waals surface area contributed by atoms with Gasteiger partial charge >= 0.3 is 0 Å². The second-order valence-electron chi connectivity index (χ2n) is 4.74. The van der Waals surface area contributed by atoms with Crippen molar-refractivity contribution in [3.63, 3.8) is 0 Å². The van der Waals surface area contributed by atoms with Gasteiger partial charge < -0.3 is 4.74 Å². The molecule has 0 aliphatic heterocycles. The minimum absolute atomic E-state index is 0.105. The van der Waals surface area contributed by atoms with Gasteiger partial charge in [0.25, 0.3) is 5.56 Å². The molecule has 3 aromatic rings. The van der Waals surface area contributed by atoms with E-state index in [0.717, 1.165) is 17.0 Å². The van der Waals surface area contributed by atoms with Crippen molar-refractivity contribution in [2.24, 2.45) is 0 Å². The summed E-state index contributed by atoms with van der Waals surface area (Å²) in [6.07, 6.45) is 3.24. The molecule has 5 nitrogen and oxygen atoms in total. The maximum absolute atomic E-state index is 12.2.